The lowest BCUT2D eigenvalue weighted by Gasteiger charge is -2.00. The minimum atomic E-state index is 0.911. The van der Waals surface area contributed by atoms with E-state index in [4.69, 9.17) is 0 Å². The molecule has 0 spiro atoms. The Morgan fingerprint density at radius 1 is 1.13 bits per heavy atom. The van der Waals surface area contributed by atoms with Crippen molar-refractivity contribution >= 4 is 0 Å². The summed E-state index contributed by atoms with van der Waals surface area (Å²) in [6, 6.07) is 8.51. The summed E-state index contributed by atoms with van der Waals surface area (Å²) in [6.07, 6.45) is 0. The van der Waals surface area contributed by atoms with Gasteiger partial charge in [0.1, 0.15) is 0 Å². The van der Waals surface area contributed by atoms with Gasteiger partial charge in [0.15, 0.2) is 0 Å². The Kier molecular flexibility index (Phi) is 1.86. The van der Waals surface area contributed by atoms with Gasteiger partial charge in [0.25, 0.3) is 0 Å². The van der Waals surface area contributed by atoms with Crippen LogP contribution in [0.25, 0.3) is 11.3 Å². The van der Waals surface area contributed by atoms with Crippen molar-refractivity contribution in [2.45, 2.75) is 20.0 Å². The van der Waals surface area contributed by atoms with Gasteiger partial charge in [0.05, 0.1) is 11.4 Å². The van der Waals surface area contributed by atoms with E-state index >= 15 is 0 Å². The molecular weight excluding hydrogens is 186 g/mol. The molecule has 1 aromatic heterocycles. The molecule has 2 aromatic rings. The number of rotatable bonds is 1. The molecular formula is C12H13N3. The number of hydrogen-bond donors (Lipinski definition) is 2. The second kappa shape index (κ2) is 3.21. The number of aryl methyl sites for hydroxylation is 1. The molecule has 2 N–H and O–H groups in total. The predicted molar refractivity (Wildman–Crippen MR) is 59.3 cm³/mol. The Morgan fingerprint density at radius 3 is 2.73 bits per heavy atom. The number of nitrogens with one attached hydrogen (secondary N) is 2. The molecule has 0 bridgehead atoms. The SMILES string of the molecule is Cc1ccc(-c2n[nH]c3c2CNC3)cc1. The van der Waals surface area contributed by atoms with Crippen molar-refractivity contribution in [3.8, 4) is 11.3 Å². The van der Waals surface area contributed by atoms with Crippen molar-refractivity contribution < 1.29 is 0 Å². The highest BCUT2D eigenvalue weighted by Gasteiger charge is 2.18. The topological polar surface area (TPSA) is 40.7 Å². The molecule has 1 aliphatic rings. The third-order valence-corrected chi connectivity index (χ3v) is 2.88. The van der Waals surface area contributed by atoms with Crippen LogP contribution in [-0.4, -0.2) is 10.2 Å². The summed E-state index contributed by atoms with van der Waals surface area (Å²) in [4.78, 5) is 0. The third-order valence-electron chi connectivity index (χ3n) is 2.88. The number of aromatic nitrogens is 2. The highest BCUT2D eigenvalue weighted by molar-refractivity contribution is 5.64. The lowest BCUT2D eigenvalue weighted by molar-refractivity contribution is 0.743. The molecule has 0 saturated carbocycles. The van der Waals surface area contributed by atoms with Gasteiger partial charge in [-0.15, -0.1) is 0 Å². The van der Waals surface area contributed by atoms with E-state index in [2.05, 4.69) is 46.7 Å². The van der Waals surface area contributed by atoms with Gasteiger partial charge in [-0.25, -0.2) is 0 Å². The number of aromatic amines is 1. The number of H-pyrrole nitrogens is 1. The van der Waals surface area contributed by atoms with Crippen LogP contribution < -0.4 is 5.32 Å². The molecule has 0 amide bonds. The van der Waals surface area contributed by atoms with Crippen LogP contribution in [-0.2, 0) is 13.1 Å². The molecule has 2 heterocycles. The van der Waals surface area contributed by atoms with Crippen molar-refractivity contribution in [2.24, 2.45) is 0 Å². The van der Waals surface area contributed by atoms with Gasteiger partial charge in [-0.3, -0.25) is 5.10 Å². The average molecular weight is 199 g/mol. The first-order valence-corrected chi connectivity index (χ1v) is 5.18. The van der Waals surface area contributed by atoms with Crippen molar-refractivity contribution in [3.05, 3.63) is 41.1 Å². The number of hydrogen-bond acceptors (Lipinski definition) is 2. The largest absolute Gasteiger partial charge is 0.307 e. The van der Waals surface area contributed by atoms with Crippen molar-refractivity contribution in [3.63, 3.8) is 0 Å². The molecule has 0 saturated heterocycles. The summed E-state index contributed by atoms with van der Waals surface area (Å²) in [5.41, 5.74) is 6.12. The number of benzene rings is 1. The van der Waals surface area contributed by atoms with E-state index in [-0.39, 0.29) is 0 Å². The van der Waals surface area contributed by atoms with Gasteiger partial charge in [-0.1, -0.05) is 29.8 Å². The average Bonchev–Trinajstić information content (AvgIpc) is 2.80. The van der Waals surface area contributed by atoms with Gasteiger partial charge in [0, 0.05) is 24.2 Å². The minimum Gasteiger partial charge on any atom is -0.307 e. The lowest BCUT2D eigenvalue weighted by Crippen LogP contribution is -2.02. The van der Waals surface area contributed by atoms with Crippen LogP contribution in [0.15, 0.2) is 24.3 Å². The molecule has 1 aliphatic heterocycles. The Bertz CT molecular complexity index is 482. The second-order valence-corrected chi connectivity index (χ2v) is 4.00. The van der Waals surface area contributed by atoms with Crippen LogP contribution in [0.3, 0.4) is 0 Å². The van der Waals surface area contributed by atoms with E-state index < -0.39 is 0 Å². The van der Waals surface area contributed by atoms with Crippen LogP contribution >= 0.6 is 0 Å². The smallest absolute Gasteiger partial charge is 0.0969 e. The second-order valence-electron chi connectivity index (χ2n) is 4.00. The van der Waals surface area contributed by atoms with Gasteiger partial charge >= 0.3 is 0 Å². The van der Waals surface area contributed by atoms with Crippen LogP contribution in [0.1, 0.15) is 16.8 Å². The quantitative estimate of drug-likeness (QED) is 0.737. The van der Waals surface area contributed by atoms with Gasteiger partial charge in [0.2, 0.25) is 0 Å². The summed E-state index contributed by atoms with van der Waals surface area (Å²) < 4.78 is 0. The zero-order valence-corrected chi connectivity index (χ0v) is 8.67. The van der Waals surface area contributed by atoms with Crippen LogP contribution in [0.2, 0.25) is 0 Å². The van der Waals surface area contributed by atoms with E-state index in [1.54, 1.807) is 0 Å². The maximum absolute atomic E-state index is 4.37. The maximum atomic E-state index is 4.37. The monoisotopic (exact) mass is 199 g/mol. The molecule has 3 heteroatoms. The van der Waals surface area contributed by atoms with E-state index in [1.807, 2.05) is 0 Å². The van der Waals surface area contributed by atoms with Gasteiger partial charge in [-0.05, 0) is 6.92 Å². The van der Waals surface area contributed by atoms with E-state index in [0.29, 0.717) is 0 Å². The van der Waals surface area contributed by atoms with Crippen molar-refractivity contribution in [1.82, 2.24) is 15.5 Å². The number of nitrogens with zero attached hydrogens (tertiary/aromatic N) is 1. The van der Waals surface area contributed by atoms with E-state index in [0.717, 1.165) is 18.8 Å². The van der Waals surface area contributed by atoms with Crippen molar-refractivity contribution in [2.75, 3.05) is 0 Å². The highest BCUT2D eigenvalue weighted by Crippen LogP contribution is 2.26. The normalized spacial score (nSPS) is 14.2. The van der Waals surface area contributed by atoms with Crippen LogP contribution in [0.5, 0.6) is 0 Å². The molecule has 0 unspecified atom stereocenters. The molecule has 15 heavy (non-hydrogen) atoms. The summed E-state index contributed by atoms with van der Waals surface area (Å²) >= 11 is 0. The predicted octanol–water partition coefficient (Wildman–Crippen LogP) is 1.99. The summed E-state index contributed by atoms with van der Waals surface area (Å²) in [5, 5.41) is 10.8. The summed E-state index contributed by atoms with van der Waals surface area (Å²) in [6.45, 7) is 3.93. The summed E-state index contributed by atoms with van der Waals surface area (Å²) in [7, 11) is 0. The number of fused-ring (bicyclic) bond motifs is 1. The lowest BCUT2D eigenvalue weighted by atomic mass is 10.1. The van der Waals surface area contributed by atoms with Crippen LogP contribution in [0.4, 0.5) is 0 Å². The maximum Gasteiger partial charge on any atom is 0.0969 e. The fourth-order valence-corrected chi connectivity index (χ4v) is 2.00. The Balaban J connectivity index is 2.09. The first kappa shape index (κ1) is 8.68. The van der Waals surface area contributed by atoms with E-state index in [9.17, 15) is 0 Å². The molecule has 76 valence electrons. The molecule has 0 radical (unpaired) electrons. The fraction of sp³-hybridized carbons (Fsp3) is 0.250. The minimum absolute atomic E-state index is 0.911. The molecule has 0 fully saturated rings. The fourth-order valence-electron chi connectivity index (χ4n) is 2.00. The Morgan fingerprint density at radius 2 is 1.93 bits per heavy atom. The molecule has 3 rings (SSSR count). The zero-order valence-electron chi connectivity index (χ0n) is 8.67. The van der Waals surface area contributed by atoms with Gasteiger partial charge < -0.3 is 5.32 Å². The third kappa shape index (κ3) is 1.36. The molecule has 0 aliphatic carbocycles. The standard InChI is InChI=1S/C12H13N3/c1-8-2-4-9(5-3-8)12-10-6-13-7-11(10)14-15-12/h2-5,13H,6-7H2,1H3,(H,14,15). The van der Waals surface area contributed by atoms with Crippen molar-refractivity contribution in [1.29, 1.82) is 0 Å². The Hall–Kier alpha value is -1.61. The first-order chi connectivity index (χ1) is 7.34. The van der Waals surface area contributed by atoms with E-state index in [1.165, 1.54) is 22.4 Å². The summed E-state index contributed by atoms with van der Waals surface area (Å²) in [5.74, 6) is 0. The van der Waals surface area contributed by atoms with Crippen LogP contribution in [0, 0.1) is 6.92 Å². The Labute approximate surface area is 88.5 Å². The van der Waals surface area contributed by atoms with Gasteiger partial charge in [-0.2, -0.15) is 5.10 Å². The molecule has 3 nitrogen and oxygen atoms in total. The first-order valence-electron chi connectivity index (χ1n) is 5.18. The molecule has 0 atom stereocenters. The zero-order chi connectivity index (χ0) is 10.3. The molecule has 1 aromatic carbocycles. The highest BCUT2D eigenvalue weighted by atomic mass is 15.2.